The van der Waals surface area contributed by atoms with E-state index in [1.165, 1.54) is 0 Å². The molecule has 3 rings (SSSR count). The Morgan fingerprint density at radius 2 is 2.04 bits per heavy atom. The van der Waals surface area contributed by atoms with Crippen molar-refractivity contribution in [3.8, 4) is 11.6 Å². The zero-order valence-electron chi connectivity index (χ0n) is 15.3. The van der Waals surface area contributed by atoms with Crippen molar-refractivity contribution < 1.29 is 14.0 Å². The van der Waals surface area contributed by atoms with E-state index in [4.69, 9.17) is 9.47 Å². The van der Waals surface area contributed by atoms with E-state index in [2.05, 4.69) is 19.9 Å². The Kier molecular flexibility index (Phi) is 7.93. The van der Waals surface area contributed by atoms with Crippen LogP contribution in [0.5, 0.6) is 11.6 Å². The van der Waals surface area contributed by atoms with E-state index in [0.29, 0.717) is 28.8 Å². The number of nitrogens with one attached hydrogen (secondary N) is 1. The maximum atomic E-state index is 12.8. The fourth-order valence-corrected chi connectivity index (χ4v) is 3.66. The number of fused-ring (bicyclic) bond motifs is 1. The molecule has 1 N–H and O–H groups in total. The van der Waals surface area contributed by atoms with Gasteiger partial charge in [-0.05, 0) is 32.4 Å². The van der Waals surface area contributed by atoms with Crippen molar-refractivity contribution in [1.82, 2.24) is 19.9 Å². The van der Waals surface area contributed by atoms with Crippen LogP contribution in [0.4, 0.5) is 0 Å². The summed E-state index contributed by atoms with van der Waals surface area (Å²) in [6.07, 6.45) is 2.56. The van der Waals surface area contributed by atoms with Gasteiger partial charge in [-0.2, -0.15) is 9.97 Å². The molecule has 0 saturated carbocycles. The van der Waals surface area contributed by atoms with Gasteiger partial charge in [-0.25, -0.2) is 0 Å². The molecule has 9 heteroatoms. The average molecular weight is 398 g/mol. The van der Waals surface area contributed by atoms with Gasteiger partial charge in [0, 0.05) is 28.5 Å². The molecule has 0 amide bonds. The van der Waals surface area contributed by atoms with E-state index in [1.54, 1.807) is 19.4 Å². The van der Waals surface area contributed by atoms with Gasteiger partial charge in [0.25, 0.3) is 0 Å². The molecule has 3 aromatic heterocycles. The second-order valence-corrected chi connectivity index (χ2v) is 7.31. The van der Waals surface area contributed by atoms with Crippen LogP contribution in [0.1, 0.15) is 30.2 Å². The van der Waals surface area contributed by atoms with Crippen molar-refractivity contribution in [2.45, 2.75) is 38.1 Å². The van der Waals surface area contributed by atoms with Crippen LogP contribution in [0.2, 0.25) is 0 Å². The first-order valence-electron chi connectivity index (χ1n) is 8.40. The number of aryl methyl sites for hydroxylation is 1. The number of aromatic amines is 1. The molecule has 0 fully saturated rings. The van der Waals surface area contributed by atoms with Gasteiger partial charge in [-0.1, -0.05) is 6.92 Å². The Labute approximate surface area is 183 Å². The van der Waals surface area contributed by atoms with Gasteiger partial charge in [0.1, 0.15) is 11.3 Å². The van der Waals surface area contributed by atoms with Crippen molar-refractivity contribution in [3.05, 3.63) is 35.2 Å². The van der Waals surface area contributed by atoms with Gasteiger partial charge < -0.3 is 14.0 Å². The van der Waals surface area contributed by atoms with Gasteiger partial charge >= 0.3 is 34.7 Å². The molecule has 0 radical (unpaired) electrons. The van der Waals surface area contributed by atoms with Crippen LogP contribution >= 0.6 is 0 Å². The summed E-state index contributed by atoms with van der Waals surface area (Å²) in [5.41, 5.74) is 3.74. The van der Waals surface area contributed by atoms with Crippen molar-refractivity contribution in [2.75, 3.05) is 13.7 Å². The molecule has 0 spiro atoms. The molecule has 0 saturated heterocycles. The Balaban J connectivity index is 0.00000261. The van der Waals surface area contributed by atoms with E-state index in [-0.39, 0.29) is 35.3 Å². The molecule has 0 aliphatic heterocycles. The molecule has 27 heavy (non-hydrogen) atoms. The first-order chi connectivity index (χ1) is 12.5. The number of H-pyrrole nitrogens is 1. The first kappa shape index (κ1) is 22.0. The second kappa shape index (κ2) is 9.75. The van der Waals surface area contributed by atoms with Gasteiger partial charge in [-0.15, -0.1) is 0 Å². The number of ether oxygens (including phenoxy) is 2. The Morgan fingerprint density at radius 1 is 1.26 bits per heavy atom. The van der Waals surface area contributed by atoms with Crippen molar-refractivity contribution in [1.29, 1.82) is 0 Å². The van der Waals surface area contributed by atoms with Gasteiger partial charge in [0.05, 0.1) is 19.4 Å². The fraction of sp³-hybridized carbons (Fsp3) is 0.389. The summed E-state index contributed by atoms with van der Waals surface area (Å²) in [5, 5.41) is 0.378. The summed E-state index contributed by atoms with van der Waals surface area (Å²) in [6, 6.07) is 3.67. The monoisotopic (exact) mass is 398 g/mol. The number of imidazole rings is 1. The maximum absolute atomic E-state index is 12.8. The minimum absolute atomic E-state index is 0. The van der Waals surface area contributed by atoms with Crippen molar-refractivity contribution in [3.63, 3.8) is 0 Å². The van der Waals surface area contributed by atoms with Crippen LogP contribution in [0, 0.1) is 13.8 Å². The van der Waals surface area contributed by atoms with Crippen LogP contribution in [0.25, 0.3) is 11.2 Å². The van der Waals surface area contributed by atoms with E-state index >= 15 is 0 Å². The Morgan fingerprint density at radius 3 is 2.74 bits per heavy atom. The summed E-state index contributed by atoms with van der Waals surface area (Å²) in [6.45, 7) is 6.47. The molecule has 0 bridgehead atoms. The van der Waals surface area contributed by atoms with Gasteiger partial charge in [0.15, 0.2) is 11.4 Å². The van der Waals surface area contributed by atoms with E-state index < -0.39 is 11.2 Å². The summed E-state index contributed by atoms with van der Waals surface area (Å²) in [4.78, 5) is 16.3. The molecule has 0 aliphatic rings. The first-order valence-corrected chi connectivity index (χ1v) is 9.72. The van der Waals surface area contributed by atoms with Crippen molar-refractivity contribution >= 4 is 51.9 Å². The SMILES string of the molecule is CCCOc1nc2[nH]c([S+]([O-])Cc3nccc(OC)c3C)nc2cc1C.[NaH]. The summed E-state index contributed by atoms with van der Waals surface area (Å²) in [5.74, 6) is 1.55. The number of aromatic nitrogens is 4. The average Bonchev–Trinajstić information content (AvgIpc) is 3.04. The molecular formula is C18H23N4NaO3S. The Bertz CT molecular complexity index is 919. The summed E-state index contributed by atoms with van der Waals surface area (Å²) >= 11 is -1.37. The van der Waals surface area contributed by atoms with Crippen LogP contribution in [0.3, 0.4) is 0 Å². The number of nitrogens with zero attached hydrogens (tertiary/aromatic N) is 3. The summed E-state index contributed by atoms with van der Waals surface area (Å²) in [7, 11) is 1.61. The van der Waals surface area contributed by atoms with Crippen molar-refractivity contribution in [2.24, 2.45) is 0 Å². The van der Waals surface area contributed by atoms with Crippen LogP contribution in [-0.4, -0.2) is 67.8 Å². The third kappa shape index (κ3) is 4.94. The molecule has 1 unspecified atom stereocenters. The molecule has 0 aromatic carbocycles. The molecule has 1 atom stereocenters. The fourth-order valence-electron chi connectivity index (χ4n) is 2.57. The third-order valence-corrected chi connectivity index (χ3v) is 5.16. The van der Waals surface area contributed by atoms with E-state index in [1.807, 2.05) is 26.8 Å². The molecule has 140 valence electrons. The Hall–Kier alpha value is -1.32. The quantitative estimate of drug-likeness (QED) is 0.485. The molecular weight excluding hydrogens is 375 g/mol. The number of hydrogen-bond acceptors (Lipinski definition) is 6. The molecule has 7 nitrogen and oxygen atoms in total. The van der Waals surface area contributed by atoms with Gasteiger partial charge in [0.2, 0.25) is 5.88 Å². The van der Waals surface area contributed by atoms with Gasteiger partial charge in [-0.3, -0.25) is 9.97 Å². The predicted molar refractivity (Wildman–Crippen MR) is 107 cm³/mol. The van der Waals surface area contributed by atoms with Crippen LogP contribution in [0.15, 0.2) is 23.5 Å². The normalized spacial score (nSPS) is 11.9. The number of hydrogen-bond donors (Lipinski definition) is 1. The zero-order chi connectivity index (χ0) is 18.7. The van der Waals surface area contributed by atoms with Crippen LogP contribution in [-0.2, 0) is 16.9 Å². The predicted octanol–water partition coefficient (Wildman–Crippen LogP) is 2.43. The second-order valence-electron chi connectivity index (χ2n) is 5.94. The van der Waals surface area contributed by atoms with E-state index in [0.717, 1.165) is 29.0 Å². The number of methoxy groups -OCH3 is 1. The molecule has 3 aromatic rings. The third-order valence-electron chi connectivity index (χ3n) is 4.00. The van der Waals surface area contributed by atoms with E-state index in [9.17, 15) is 4.55 Å². The number of pyridine rings is 2. The number of rotatable bonds is 7. The zero-order valence-corrected chi connectivity index (χ0v) is 16.1. The minimum atomic E-state index is -1.37. The standard InChI is InChI=1S/C18H22N4O3S.Na.H/c1-5-8-25-17-11(2)9-13-16(21-17)22-18(20-13)26(23)10-14-12(3)15(24-4)6-7-19-14;;/h6-7,9H,5,8,10H2,1-4H3,(H,20,21,22);;. The molecule has 0 aliphatic carbocycles. The summed E-state index contributed by atoms with van der Waals surface area (Å²) < 4.78 is 23.7. The molecule has 3 heterocycles. The van der Waals surface area contributed by atoms with Crippen LogP contribution < -0.4 is 9.47 Å². The topological polar surface area (TPSA) is 96.0 Å².